The number of hydrogen-bond donors (Lipinski definition) is 0. The SMILES string of the molecule is COCCCc1cc(-c2ccc(F)c(C)c2)nn1CC(=O)N1CCN(c2ncccn2)CC1. The first-order valence-electron chi connectivity index (χ1n) is 11.2. The molecule has 4 rings (SSSR count). The van der Waals surface area contributed by atoms with E-state index >= 15 is 0 Å². The van der Waals surface area contributed by atoms with Gasteiger partial charge in [0.2, 0.25) is 11.9 Å². The van der Waals surface area contributed by atoms with Gasteiger partial charge in [0, 0.05) is 63.5 Å². The number of piperazine rings is 1. The number of carbonyl (C=O) groups is 1. The zero-order valence-corrected chi connectivity index (χ0v) is 19.1. The first kappa shape index (κ1) is 22.8. The first-order chi connectivity index (χ1) is 16.0. The van der Waals surface area contributed by atoms with Gasteiger partial charge in [0.05, 0.1) is 5.69 Å². The highest BCUT2D eigenvalue weighted by molar-refractivity contribution is 5.76. The number of amides is 1. The average Bonchev–Trinajstić information content (AvgIpc) is 3.24. The zero-order valence-electron chi connectivity index (χ0n) is 19.1. The maximum absolute atomic E-state index is 13.7. The van der Waals surface area contributed by atoms with Crippen LogP contribution in [0.3, 0.4) is 0 Å². The Hall–Kier alpha value is -3.33. The molecule has 0 bridgehead atoms. The van der Waals surface area contributed by atoms with Crippen LogP contribution in [0.5, 0.6) is 0 Å². The molecule has 3 aromatic rings. The molecule has 1 saturated heterocycles. The van der Waals surface area contributed by atoms with E-state index in [-0.39, 0.29) is 18.3 Å². The lowest BCUT2D eigenvalue weighted by Gasteiger charge is -2.34. The summed E-state index contributed by atoms with van der Waals surface area (Å²) in [5.74, 6) is 0.478. The summed E-state index contributed by atoms with van der Waals surface area (Å²) in [7, 11) is 1.67. The van der Waals surface area contributed by atoms with Crippen molar-refractivity contribution in [2.24, 2.45) is 0 Å². The standard InChI is InChI=1S/C24H29FN6O2/c1-18-15-19(6-7-21(18)25)22-16-20(5-3-14-33-2)31(28-22)17-23(32)29-10-12-30(13-11-29)24-26-8-4-9-27-24/h4,6-9,15-16H,3,5,10-14,17H2,1-2H3. The summed E-state index contributed by atoms with van der Waals surface area (Å²) in [5.41, 5.74) is 3.11. The Balaban J connectivity index is 1.46. The lowest BCUT2D eigenvalue weighted by molar-refractivity contribution is -0.132. The summed E-state index contributed by atoms with van der Waals surface area (Å²) >= 11 is 0. The number of carbonyl (C=O) groups excluding carboxylic acids is 1. The van der Waals surface area contributed by atoms with E-state index in [0.29, 0.717) is 44.3 Å². The lowest BCUT2D eigenvalue weighted by Crippen LogP contribution is -2.50. The summed E-state index contributed by atoms with van der Waals surface area (Å²) < 4.78 is 20.7. The minimum Gasteiger partial charge on any atom is -0.385 e. The van der Waals surface area contributed by atoms with Crippen LogP contribution in [0.25, 0.3) is 11.3 Å². The van der Waals surface area contributed by atoms with Gasteiger partial charge in [0.1, 0.15) is 12.4 Å². The number of methoxy groups -OCH3 is 1. The van der Waals surface area contributed by atoms with Crippen LogP contribution in [-0.4, -0.2) is 70.5 Å². The predicted molar refractivity (Wildman–Crippen MR) is 123 cm³/mol. The van der Waals surface area contributed by atoms with E-state index in [9.17, 15) is 9.18 Å². The van der Waals surface area contributed by atoms with E-state index < -0.39 is 0 Å². The highest BCUT2D eigenvalue weighted by atomic mass is 19.1. The van der Waals surface area contributed by atoms with Crippen molar-refractivity contribution in [1.82, 2.24) is 24.6 Å². The van der Waals surface area contributed by atoms with Crippen LogP contribution in [-0.2, 0) is 22.5 Å². The Morgan fingerprint density at radius 3 is 2.58 bits per heavy atom. The number of rotatable bonds is 8. The van der Waals surface area contributed by atoms with Gasteiger partial charge in [-0.25, -0.2) is 14.4 Å². The van der Waals surface area contributed by atoms with Crippen LogP contribution in [0.15, 0.2) is 42.7 Å². The van der Waals surface area contributed by atoms with Gasteiger partial charge < -0.3 is 14.5 Å². The Kier molecular flexibility index (Phi) is 7.29. The van der Waals surface area contributed by atoms with Crippen LogP contribution >= 0.6 is 0 Å². The second-order valence-corrected chi connectivity index (χ2v) is 8.16. The number of halogens is 1. The summed E-state index contributed by atoms with van der Waals surface area (Å²) in [6, 6.07) is 8.74. The Morgan fingerprint density at radius 1 is 1.12 bits per heavy atom. The molecule has 0 aliphatic carbocycles. The number of aromatic nitrogens is 4. The summed E-state index contributed by atoms with van der Waals surface area (Å²) in [6.07, 6.45) is 5.02. The number of benzene rings is 1. The van der Waals surface area contributed by atoms with Gasteiger partial charge in [-0.15, -0.1) is 0 Å². The highest BCUT2D eigenvalue weighted by Gasteiger charge is 2.23. The van der Waals surface area contributed by atoms with Crippen molar-refractivity contribution in [3.63, 3.8) is 0 Å². The van der Waals surface area contributed by atoms with Crippen LogP contribution < -0.4 is 4.90 Å². The van der Waals surface area contributed by atoms with Crippen molar-refractivity contribution in [1.29, 1.82) is 0 Å². The molecule has 2 aromatic heterocycles. The van der Waals surface area contributed by atoms with Crippen molar-refractivity contribution in [3.05, 3.63) is 59.8 Å². The molecule has 1 aliphatic rings. The van der Waals surface area contributed by atoms with Crippen LogP contribution in [0.1, 0.15) is 17.7 Å². The molecule has 0 spiro atoms. The van der Waals surface area contributed by atoms with Crippen molar-refractivity contribution >= 4 is 11.9 Å². The normalized spacial score (nSPS) is 14.0. The van der Waals surface area contributed by atoms with Gasteiger partial charge in [0.25, 0.3) is 0 Å². The van der Waals surface area contributed by atoms with E-state index in [1.54, 1.807) is 49.3 Å². The van der Waals surface area contributed by atoms with E-state index in [2.05, 4.69) is 14.9 Å². The van der Waals surface area contributed by atoms with E-state index in [1.165, 1.54) is 6.07 Å². The third-order valence-electron chi connectivity index (χ3n) is 5.85. The summed E-state index contributed by atoms with van der Waals surface area (Å²) in [5, 5.41) is 4.70. The molecule has 0 saturated carbocycles. The number of ether oxygens (including phenoxy) is 1. The van der Waals surface area contributed by atoms with Gasteiger partial charge in [-0.2, -0.15) is 5.10 Å². The zero-order chi connectivity index (χ0) is 23.2. The molecular weight excluding hydrogens is 423 g/mol. The van der Waals surface area contributed by atoms with Gasteiger partial charge in [-0.1, -0.05) is 0 Å². The fourth-order valence-corrected chi connectivity index (χ4v) is 3.97. The van der Waals surface area contributed by atoms with Crippen molar-refractivity contribution in [3.8, 4) is 11.3 Å². The summed E-state index contributed by atoms with van der Waals surface area (Å²) in [6.45, 7) is 5.14. The number of aryl methyl sites for hydroxylation is 2. The van der Waals surface area contributed by atoms with Crippen molar-refractivity contribution < 1.29 is 13.9 Å². The first-order valence-corrected chi connectivity index (χ1v) is 11.2. The number of anilines is 1. The monoisotopic (exact) mass is 452 g/mol. The molecule has 1 aromatic carbocycles. The molecule has 8 nitrogen and oxygen atoms in total. The van der Waals surface area contributed by atoms with Crippen LogP contribution in [0, 0.1) is 12.7 Å². The molecule has 33 heavy (non-hydrogen) atoms. The molecule has 3 heterocycles. The van der Waals surface area contributed by atoms with Gasteiger partial charge >= 0.3 is 0 Å². The fraction of sp³-hybridized carbons (Fsp3) is 0.417. The van der Waals surface area contributed by atoms with E-state index in [4.69, 9.17) is 9.84 Å². The molecule has 0 atom stereocenters. The molecule has 1 aliphatic heterocycles. The topological polar surface area (TPSA) is 76.4 Å². The minimum absolute atomic E-state index is 0.0292. The molecule has 0 unspecified atom stereocenters. The quantitative estimate of drug-likeness (QED) is 0.489. The Morgan fingerprint density at radius 2 is 1.88 bits per heavy atom. The smallest absolute Gasteiger partial charge is 0.244 e. The predicted octanol–water partition coefficient (Wildman–Crippen LogP) is 2.72. The third kappa shape index (κ3) is 5.54. The molecular formula is C24H29FN6O2. The second kappa shape index (κ2) is 10.5. The Bertz CT molecular complexity index is 1080. The van der Waals surface area contributed by atoms with Crippen molar-refractivity contribution in [2.75, 3.05) is 44.8 Å². The van der Waals surface area contributed by atoms with E-state index in [1.807, 2.05) is 11.0 Å². The molecule has 0 N–H and O–H groups in total. The highest BCUT2D eigenvalue weighted by Crippen LogP contribution is 2.23. The second-order valence-electron chi connectivity index (χ2n) is 8.16. The van der Waals surface area contributed by atoms with Crippen LogP contribution in [0.4, 0.5) is 10.3 Å². The molecule has 0 radical (unpaired) electrons. The van der Waals surface area contributed by atoms with Gasteiger partial charge in [-0.05, 0) is 55.7 Å². The van der Waals surface area contributed by atoms with E-state index in [0.717, 1.165) is 29.8 Å². The molecule has 174 valence electrons. The van der Waals surface area contributed by atoms with Gasteiger partial charge in [-0.3, -0.25) is 9.48 Å². The van der Waals surface area contributed by atoms with Crippen LogP contribution in [0.2, 0.25) is 0 Å². The lowest BCUT2D eigenvalue weighted by atomic mass is 10.1. The maximum atomic E-state index is 13.7. The fourth-order valence-electron chi connectivity index (χ4n) is 3.97. The third-order valence-corrected chi connectivity index (χ3v) is 5.85. The molecule has 9 heteroatoms. The average molecular weight is 453 g/mol. The maximum Gasteiger partial charge on any atom is 0.244 e. The van der Waals surface area contributed by atoms with Crippen molar-refractivity contribution in [2.45, 2.75) is 26.3 Å². The summed E-state index contributed by atoms with van der Waals surface area (Å²) in [4.78, 5) is 25.6. The van der Waals surface area contributed by atoms with Gasteiger partial charge in [0.15, 0.2) is 0 Å². The number of nitrogens with zero attached hydrogens (tertiary/aromatic N) is 6. The number of hydrogen-bond acceptors (Lipinski definition) is 6. The molecule has 1 amide bonds. The largest absolute Gasteiger partial charge is 0.385 e. The minimum atomic E-state index is -0.242. The molecule has 1 fully saturated rings. The Labute approximate surface area is 193 Å².